The van der Waals surface area contributed by atoms with E-state index in [4.69, 9.17) is 6.42 Å². The van der Waals surface area contributed by atoms with Crippen LogP contribution in [0.1, 0.15) is 31.2 Å². The fourth-order valence-corrected chi connectivity index (χ4v) is 0.870. The van der Waals surface area contributed by atoms with E-state index >= 15 is 0 Å². The van der Waals surface area contributed by atoms with Crippen molar-refractivity contribution in [2.75, 3.05) is 14.2 Å². The van der Waals surface area contributed by atoms with Crippen LogP contribution in [0.25, 0.3) is 0 Å². The van der Waals surface area contributed by atoms with E-state index in [0.717, 1.165) is 5.56 Å². The maximum Gasteiger partial charge on any atom is 0.235 e. The third kappa shape index (κ3) is 7.78. The second kappa shape index (κ2) is 11.5. The van der Waals surface area contributed by atoms with Crippen molar-refractivity contribution in [3.8, 4) is 12.3 Å². The van der Waals surface area contributed by atoms with Crippen LogP contribution in [0.3, 0.4) is 0 Å². The normalized spacial score (nSPS) is 7.50. The molecule has 1 aromatic rings. The van der Waals surface area contributed by atoms with Crippen molar-refractivity contribution in [3.05, 3.63) is 35.4 Å². The van der Waals surface area contributed by atoms with Crippen LogP contribution in [0.4, 0.5) is 0 Å². The van der Waals surface area contributed by atoms with Crippen molar-refractivity contribution in [1.82, 2.24) is 0 Å². The molecule has 2 nitrogen and oxygen atoms in total. The molecular formula is C14H22O2. The van der Waals surface area contributed by atoms with E-state index in [-0.39, 0.29) is 7.21 Å². The Balaban J connectivity index is -0.000000286. The van der Waals surface area contributed by atoms with E-state index in [1.54, 1.807) is 26.4 Å². The van der Waals surface area contributed by atoms with Crippen LogP contribution in [0.5, 0.6) is 0 Å². The van der Waals surface area contributed by atoms with Gasteiger partial charge in [0, 0.05) is 21.2 Å². The van der Waals surface area contributed by atoms with Crippen LogP contribution in [0.15, 0.2) is 24.3 Å². The standard InChI is InChI=1S/C10H8O.C2H6O.C2H6.H2/c1-3-10(11)9-6-4-5-8(2)7-9;1-3-2;1-2;/h1,4-7H,2H3;1-2H3;1-2H3;1H. The molecule has 0 heterocycles. The van der Waals surface area contributed by atoms with Crippen LogP contribution in [0, 0.1) is 19.3 Å². The monoisotopic (exact) mass is 222 g/mol. The Morgan fingerprint density at radius 2 is 1.88 bits per heavy atom. The second-order valence-corrected chi connectivity index (χ2v) is 2.75. The number of methoxy groups -OCH3 is 1. The maximum absolute atomic E-state index is 10.9. The molecule has 2 heteroatoms. The van der Waals surface area contributed by atoms with Crippen LogP contribution in [-0.4, -0.2) is 20.0 Å². The first-order valence-electron chi connectivity index (χ1n) is 5.13. The van der Waals surface area contributed by atoms with Crippen LogP contribution in [-0.2, 0) is 4.74 Å². The van der Waals surface area contributed by atoms with Crippen LogP contribution >= 0.6 is 0 Å². The molecule has 0 bridgehead atoms. The lowest BCUT2D eigenvalue weighted by atomic mass is 10.1. The summed E-state index contributed by atoms with van der Waals surface area (Å²) < 4.78 is 4.25. The molecule has 0 aromatic heterocycles. The van der Waals surface area contributed by atoms with Gasteiger partial charge in [-0.05, 0) is 18.9 Å². The zero-order valence-corrected chi connectivity index (χ0v) is 10.7. The van der Waals surface area contributed by atoms with Gasteiger partial charge in [0.2, 0.25) is 5.78 Å². The molecule has 16 heavy (non-hydrogen) atoms. The Labute approximate surface area is 100 Å². The number of carbonyl (C=O) groups excluding carboxylic acids is 1. The van der Waals surface area contributed by atoms with Gasteiger partial charge in [-0.2, -0.15) is 0 Å². The number of benzene rings is 1. The van der Waals surface area contributed by atoms with E-state index in [2.05, 4.69) is 10.7 Å². The molecule has 0 fully saturated rings. The summed E-state index contributed by atoms with van der Waals surface area (Å²) in [6.45, 7) is 5.92. The fourth-order valence-electron chi connectivity index (χ4n) is 0.870. The fraction of sp³-hybridized carbons (Fsp3) is 0.357. The average molecular weight is 222 g/mol. The van der Waals surface area contributed by atoms with E-state index in [0.29, 0.717) is 5.56 Å². The lowest BCUT2D eigenvalue weighted by Crippen LogP contribution is -1.93. The number of aryl methyl sites for hydroxylation is 1. The minimum Gasteiger partial charge on any atom is -0.388 e. The molecule has 0 aliphatic carbocycles. The Bertz CT molecular complexity index is 340. The summed E-state index contributed by atoms with van der Waals surface area (Å²) >= 11 is 0. The molecule has 0 atom stereocenters. The van der Waals surface area contributed by atoms with Gasteiger partial charge in [0.1, 0.15) is 0 Å². The summed E-state index contributed by atoms with van der Waals surface area (Å²) in [4.78, 5) is 10.9. The first-order chi connectivity index (χ1) is 7.65. The van der Waals surface area contributed by atoms with Crippen LogP contribution in [0.2, 0.25) is 0 Å². The molecule has 0 amide bonds. The first kappa shape index (κ1) is 16.8. The number of Topliss-reactive ketones (excluding diaryl/α,β-unsaturated/α-hetero) is 1. The zero-order valence-electron chi connectivity index (χ0n) is 10.7. The van der Waals surface area contributed by atoms with Crippen LogP contribution < -0.4 is 0 Å². The van der Waals surface area contributed by atoms with E-state index < -0.39 is 0 Å². The summed E-state index contributed by atoms with van der Waals surface area (Å²) in [5, 5.41) is 0. The zero-order chi connectivity index (χ0) is 13.0. The van der Waals surface area contributed by atoms with Crippen molar-refractivity contribution in [2.24, 2.45) is 0 Å². The first-order valence-corrected chi connectivity index (χ1v) is 5.13. The largest absolute Gasteiger partial charge is 0.388 e. The summed E-state index contributed by atoms with van der Waals surface area (Å²) in [5.41, 5.74) is 1.64. The topological polar surface area (TPSA) is 26.3 Å². The average Bonchev–Trinajstić information content (AvgIpc) is 2.32. The minimum absolute atomic E-state index is 0. The number of terminal acetylenes is 1. The number of carbonyl (C=O) groups is 1. The predicted octanol–water partition coefficient (Wildman–Crippen LogP) is 3.35. The smallest absolute Gasteiger partial charge is 0.235 e. The molecule has 0 aliphatic rings. The molecule has 0 aliphatic heterocycles. The lowest BCUT2D eigenvalue weighted by Gasteiger charge is -1.94. The van der Waals surface area contributed by atoms with Gasteiger partial charge in [0.25, 0.3) is 0 Å². The van der Waals surface area contributed by atoms with Gasteiger partial charge in [0.15, 0.2) is 0 Å². The van der Waals surface area contributed by atoms with E-state index in [9.17, 15) is 4.79 Å². The Morgan fingerprint density at radius 1 is 1.38 bits per heavy atom. The third-order valence-electron chi connectivity index (χ3n) is 1.41. The van der Waals surface area contributed by atoms with E-state index in [1.165, 1.54) is 0 Å². The summed E-state index contributed by atoms with van der Waals surface area (Å²) in [6.07, 6.45) is 4.95. The molecule has 90 valence electrons. The molecule has 0 saturated heterocycles. The highest BCUT2D eigenvalue weighted by atomic mass is 16.4. The predicted molar refractivity (Wildman–Crippen MR) is 70.7 cm³/mol. The number of hydrogen-bond acceptors (Lipinski definition) is 2. The molecule has 1 aromatic carbocycles. The van der Waals surface area contributed by atoms with Crippen molar-refractivity contribution in [1.29, 1.82) is 0 Å². The maximum atomic E-state index is 10.9. The van der Waals surface area contributed by atoms with Gasteiger partial charge >= 0.3 is 0 Å². The molecule has 0 saturated carbocycles. The Hall–Kier alpha value is -1.59. The number of rotatable bonds is 1. The minimum atomic E-state index is -0.256. The molecule has 0 radical (unpaired) electrons. The van der Waals surface area contributed by atoms with Gasteiger partial charge in [-0.25, -0.2) is 0 Å². The second-order valence-electron chi connectivity index (χ2n) is 2.75. The van der Waals surface area contributed by atoms with Gasteiger partial charge in [-0.15, -0.1) is 6.42 Å². The van der Waals surface area contributed by atoms with Gasteiger partial charge in [-0.3, -0.25) is 4.79 Å². The Kier molecular flexibility index (Phi) is 12.1. The highest BCUT2D eigenvalue weighted by molar-refractivity contribution is 6.08. The molecule has 0 unspecified atom stereocenters. The van der Waals surface area contributed by atoms with Crippen molar-refractivity contribution in [3.63, 3.8) is 0 Å². The number of hydrogen-bond donors (Lipinski definition) is 0. The lowest BCUT2D eigenvalue weighted by molar-refractivity contribution is 0.105. The summed E-state index contributed by atoms with van der Waals surface area (Å²) in [6, 6.07) is 7.24. The quantitative estimate of drug-likeness (QED) is 0.414. The van der Waals surface area contributed by atoms with Crippen molar-refractivity contribution >= 4 is 5.78 Å². The Morgan fingerprint density at radius 3 is 2.25 bits per heavy atom. The third-order valence-corrected chi connectivity index (χ3v) is 1.41. The van der Waals surface area contributed by atoms with Crippen molar-refractivity contribution < 1.29 is 11.0 Å². The highest BCUT2D eigenvalue weighted by Crippen LogP contribution is 2.03. The van der Waals surface area contributed by atoms with E-state index in [1.807, 2.05) is 32.9 Å². The summed E-state index contributed by atoms with van der Waals surface area (Å²) in [7, 11) is 3.25. The molecule has 1 rings (SSSR count). The SMILES string of the molecule is C#CC(=O)c1cccc(C)c1.CC.COC.[HH]. The molecule has 0 N–H and O–H groups in total. The molecular weight excluding hydrogens is 200 g/mol. The van der Waals surface area contributed by atoms with Crippen molar-refractivity contribution in [2.45, 2.75) is 20.8 Å². The van der Waals surface area contributed by atoms with Gasteiger partial charge in [0.05, 0.1) is 0 Å². The van der Waals surface area contributed by atoms with Gasteiger partial charge in [-0.1, -0.05) is 37.6 Å². The summed E-state index contributed by atoms with van der Waals surface area (Å²) in [5.74, 6) is 1.81. The number of ether oxygens (including phenoxy) is 1. The number of ketones is 1. The highest BCUT2D eigenvalue weighted by Gasteiger charge is 1.99. The molecule has 0 spiro atoms. The van der Waals surface area contributed by atoms with Gasteiger partial charge < -0.3 is 4.74 Å².